The van der Waals surface area contributed by atoms with Crippen molar-refractivity contribution in [3.05, 3.63) is 65.9 Å². The summed E-state index contributed by atoms with van der Waals surface area (Å²) in [7, 11) is 1.61. The highest BCUT2D eigenvalue weighted by molar-refractivity contribution is 5.92. The van der Waals surface area contributed by atoms with Crippen molar-refractivity contribution >= 4 is 5.97 Å². The van der Waals surface area contributed by atoms with Gasteiger partial charge in [0.1, 0.15) is 29.4 Å². The number of ether oxygens (including phenoxy) is 3. The third-order valence-electron chi connectivity index (χ3n) is 3.69. The zero-order valence-corrected chi connectivity index (χ0v) is 14.6. The highest BCUT2D eigenvalue weighted by atomic mass is 16.5. The zero-order chi connectivity index (χ0) is 18.4. The van der Waals surface area contributed by atoms with E-state index >= 15 is 0 Å². The molecule has 0 aliphatic rings. The van der Waals surface area contributed by atoms with E-state index in [1.165, 1.54) is 0 Å². The molecular formula is C20H19NO5. The first-order valence-corrected chi connectivity index (χ1v) is 8.20. The Balaban J connectivity index is 1.65. The van der Waals surface area contributed by atoms with Gasteiger partial charge in [-0.05, 0) is 43.3 Å². The smallest absolute Gasteiger partial charge is 0.342 e. The molecule has 0 fully saturated rings. The zero-order valence-electron chi connectivity index (χ0n) is 14.6. The number of rotatable bonds is 7. The second-order valence-corrected chi connectivity index (χ2v) is 5.42. The fourth-order valence-corrected chi connectivity index (χ4v) is 2.41. The minimum Gasteiger partial charge on any atom is -0.497 e. The van der Waals surface area contributed by atoms with Gasteiger partial charge in [-0.25, -0.2) is 4.79 Å². The van der Waals surface area contributed by atoms with Crippen molar-refractivity contribution in [2.24, 2.45) is 0 Å². The lowest BCUT2D eigenvalue weighted by atomic mass is 10.1. The molecule has 1 heterocycles. The van der Waals surface area contributed by atoms with Crippen LogP contribution in [0.5, 0.6) is 11.5 Å². The van der Waals surface area contributed by atoms with Crippen LogP contribution in [0.4, 0.5) is 0 Å². The molecule has 6 heteroatoms. The summed E-state index contributed by atoms with van der Waals surface area (Å²) in [4.78, 5) is 12.3. The number of aromatic nitrogens is 1. The van der Waals surface area contributed by atoms with Gasteiger partial charge >= 0.3 is 5.97 Å². The Kier molecular flexibility index (Phi) is 5.53. The molecule has 2 aromatic carbocycles. The number of hydrogen-bond donors (Lipinski definition) is 0. The maximum atomic E-state index is 12.3. The highest BCUT2D eigenvalue weighted by Crippen LogP contribution is 2.24. The summed E-state index contributed by atoms with van der Waals surface area (Å²) < 4.78 is 21.2. The molecule has 0 spiro atoms. The van der Waals surface area contributed by atoms with E-state index in [-0.39, 0.29) is 6.61 Å². The summed E-state index contributed by atoms with van der Waals surface area (Å²) in [5, 5.41) is 3.94. The standard InChI is InChI=1S/C20H19NO5/c1-3-24-18-7-5-4-6-17(18)20(22)25-13-15-12-19(26-21-15)14-8-10-16(23-2)11-9-14/h4-12H,3,13H2,1-2H3. The Morgan fingerprint density at radius 3 is 2.62 bits per heavy atom. The van der Waals surface area contributed by atoms with Gasteiger partial charge in [-0.3, -0.25) is 0 Å². The molecule has 0 aliphatic heterocycles. The van der Waals surface area contributed by atoms with E-state index in [1.807, 2.05) is 31.2 Å². The summed E-state index contributed by atoms with van der Waals surface area (Å²) in [5.41, 5.74) is 1.77. The number of carbonyl (C=O) groups excluding carboxylic acids is 1. The lowest BCUT2D eigenvalue weighted by Crippen LogP contribution is -2.08. The fourth-order valence-electron chi connectivity index (χ4n) is 2.41. The Labute approximate surface area is 151 Å². The van der Waals surface area contributed by atoms with Crippen molar-refractivity contribution in [1.82, 2.24) is 5.16 Å². The number of carbonyl (C=O) groups is 1. The molecule has 134 valence electrons. The summed E-state index contributed by atoms with van der Waals surface area (Å²) in [6.07, 6.45) is 0. The predicted octanol–water partition coefficient (Wildman–Crippen LogP) is 4.11. The average molecular weight is 353 g/mol. The SMILES string of the molecule is CCOc1ccccc1C(=O)OCc1cc(-c2ccc(OC)cc2)on1. The Morgan fingerprint density at radius 2 is 1.88 bits per heavy atom. The quantitative estimate of drug-likeness (QED) is 0.596. The summed E-state index contributed by atoms with van der Waals surface area (Å²) in [6, 6.07) is 16.1. The van der Waals surface area contributed by atoms with Gasteiger partial charge in [0.05, 0.1) is 13.7 Å². The van der Waals surface area contributed by atoms with E-state index in [0.29, 0.717) is 29.4 Å². The predicted molar refractivity (Wildman–Crippen MR) is 95.2 cm³/mol. The minimum atomic E-state index is -0.469. The summed E-state index contributed by atoms with van der Waals surface area (Å²) in [6.45, 7) is 2.34. The van der Waals surface area contributed by atoms with Crippen LogP contribution in [0.15, 0.2) is 59.1 Å². The van der Waals surface area contributed by atoms with Gasteiger partial charge in [-0.1, -0.05) is 17.3 Å². The Morgan fingerprint density at radius 1 is 1.12 bits per heavy atom. The normalized spacial score (nSPS) is 10.4. The molecule has 0 bridgehead atoms. The molecule has 0 atom stereocenters. The maximum Gasteiger partial charge on any atom is 0.342 e. The third kappa shape index (κ3) is 4.03. The van der Waals surface area contributed by atoms with Gasteiger partial charge in [0.25, 0.3) is 0 Å². The van der Waals surface area contributed by atoms with Gasteiger partial charge in [0, 0.05) is 11.6 Å². The lowest BCUT2D eigenvalue weighted by molar-refractivity contribution is 0.0460. The minimum absolute atomic E-state index is 0.0128. The molecule has 0 radical (unpaired) electrons. The summed E-state index contributed by atoms with van der Waals surface area (Å²) in [5.74, 6) is 1.38. The lowest BCUT2D eigenvalue weighted by Gasteiger charge is -2.08. The first-order chi connectivity index (χ1) is 12.7. The maximum absolute atomic E-state index is 12.3. The number of methoxy groups -OCH3 is 1. The highest BCUT2D eigenvalue weighted by Gasteiger charge is 2.15. The molecule has 0 saturated carbocycles. The summed E-state index contributed by atoms with van der Waals surface area (Å²) >= 11 is 0. The molecule has 0 N–H and O–H groups in total. The van der Waals surface area contributed by atoms with E-state index in [0.717, 1.165) is 11.3 Å². The molecule has 0 amide bonds. The van der Waals surface area contributed by atoms with Crippen LogP contribution in [0.1, 0.15) is 23.0 Å². The van der Waals surface area contributed by atoms with Crippen molar-refractivity contribution < 1.29 is 23.5 Å². The number of benzene rings is 2. The average Bonchev–Trinajstić information content (AvgIpc) is 3.16. The molecule has 1 aromatic heterocycles. The van der Waals surface area contributed by atoms with Crippen molar-refractivity contribution in [1.29, 1.82) is 0 Å². The molecule has 3 rings (SSSR count). The van der Waals surface area contributed by atoms with Crippen molar-refractivity contribution in [2.45, 2.75) is 13.5 Å². The first kappa shape index (κ1) is 17.5. The van der Waals surface area contributed by atoms with Crippen molar-refractivity contribution in [2.75, 3.05) is 13.7 Å². The topological polar surface area (TPSA) is 70.8 Å². The van der Waals surface area contributed by atoms with E-state index in [9.17, 15) is 4.79 Å². The van der Waals surface area contributed by atoms with Crippen LogP contribution in [0.25, 0.3) is 11.3 Å². The molecule has 6 nitrogen and oxygen atoms in total. The van der Waals surface area contributed by atoms with Crippen LogP contribution in [-0.4, -0.2) is 24.8 Å². The van der Waals surface area contributed by atoms with Crippen LogP contribution in [-0.2, 0) is 11.3 Å². The molecule has 0 unspecified atom stereocenters. The monoisotopic (exact) mass is 353 g/mol. The van der Waals surface area contributed by atoms with Crippen LogP contribution < -0.4 is 9.47 Å². The van der Waals surface area contributed by atoms with E-state index in [2.05, 4.69) is 5.16 Å². The second-order valence-electron chi connectivity index (χ2n) is 5.42. The van der Waals surface area contributed by atoms with Crippen LogP contribution in [0, 0.1) is 0 Å². The fraction of sp³-hybridized carbons (Fsp3) is 0.200. The number of para-hydroxylation sites is 1. The van der Waals surface area contributed by atoms with Gasteiger partial charge < -0.3 is 18.7 Å². The van der Waals surface area contributed by atoms with Crippen molar-refractivity contribution in [3.8, 4) is 22.8 Å². The van der Waals surface area contributed by atoms with E-state index < -0.39 is 5.97 Å². The van der Waals surface area contributed by atoms with Crippen LogP contribution in [0.3, 0.4) is 0 Å². The van der Waals surface area contributed by atoms with Crippen LogP contribution >= 0.6 is 0 Å². The molecule has 0 aliphatic carbocycles. The van der Waals surface area contributed by atoms with Gasteiger partial charge in [-0.15, -0.1) is 0 Å². The molecule has 26 heavy (non-hydrogen) atoms. The largest absolute Gasteiger partial charge is 0.497 e. The van der Waals surface area contributed by atoms with Crippen molar-refractivity contribution in [3.63, 3.8) is 0 Å². The van der Waals surface area contributed by atoms with E-state index in [4.69, 9.17) is 18.7 Å². The number of esters is 1. The molecular weight excluding hydrogens is 334 g/mol. The number of nitrogens with zero attached hydrogens (tertiary/aromatic N) is 1. The Hall–Kier alpha value is -3.28. The number of hydrogen-bond acceptors (Lipinski definition) is 6. The van der Waals surface area contributed by atoms with Gasteiger partial charge in [0.15, 0.2) is 5.76 Å². The van der Waals surface area contributed by atoms with E-state index in [1.54, 1.807) is 37.4 Å². The first-order valence-electron chi connectivity index (χ1n) is 8.20. The molecule has 3 aromatic rings. The molecule has 0 saturated heterocycles. The Bertz CT molecular complexity index is 870. The van der Waals surface area contributed by atoms with Gasteiger partial charge in [0.2, 0.25) is 0 Å². The van der Waals surface area contributed by atoms with Crippen LogP contribution in [0.2, 0.25) is 0 Å². The third-order valence-corrected chi connectivity index (χ3v) is 3.69. The second kappa shape index (κ2) is 8.20. The van der Waals surface area contributed by atoms with Gasteiger partial charge in [-0.2, -0.15) is 0 Å².